The molecule has 0 N–H and O–H groups in total. The fourth-order valence-corrected chi connectivity index (χ4v) is 1.73. The topological polar surface area (TPSA) is 27.7 Å². The molecule has 0 spiro atoms. The van der Waals surface area contributed by atoms with Crippen LogP contribution in [0.25, 0.3) is 0 Å². The highest BCUT2D eigenvalue weighted by molar-refractivity contribution is 4.69. The van der Waals surface area contributed by atoms with Gasteiger partial charge >= 0.3 is 0 Å². The van der Waals surface area contributed by atoms with Gasteiger partial charge in [-0.3, -0.25) is 0 Å². The Balaban J connectivity index is 4.00. The van der Waals surface area contributed by atoms with Crippen molar-refractivity contribution in [3.8, 4) is 0 Å². The molecule has 0 fully saturated rings. The summed E-state index contributed by atoms with van der Waals surface area (Å²) in [6.45, 7) is 4.27. The summed E-state index contributed by atoms with van der Waals surface area (Å²) < 4.78 is 16.2. The van der Waals surface area contributed by atoms with Gasteiger partial charge in [-0.05, 0) is 25.7 Å². The zero-order valence-electron chi connectivity index (χ0n) is 10.8. The Morgan fingerprint density at radius 1 is 0.667 bits per heavy atom. The largest absolute Gasteiger partial charge is 0.381 e. The maximum absolute atomic E-state index is 5.46. The highest BCUT2D eigenvalue weighted by Gasteiger charge is 2.18. The van der Waals surface area contributed by atoms with E-state index < -0.39 is 0 Å². The van der Waals surface area contributed by atoms with Gasteiger partial charge in [0.2, 0.25) is 0 Å². The Morgan fingerprint density at radius 2 is 1.00 bits per heavy atom. The minimum Gasteiger partial charge on any atom is -0.381 e. The van der Waals surface area contributed by atoms with Gasteiger partial charge in [0.25, 0.3) is 0 Å². The standard InChI is InChI=1S/C12H26O3/c1-6-10(13-3)8-12(15-5)9-11(7-2)14-4/h10-12H,6-9H2,1-5H3. The van der Waals surface area contributed by atoms with Gasteiger partial charge in [-0.25, -0.2) is 0 Å². The fourth-order valence-electron chi connectivity index (χ4n) is 1.73. The van der Waals surface area contributed by atoms with Crippen molar-refractivity contribution in [1.29, 1.82) is 0 Å². The Hall–Kier alpha value is -0.120. The molecule has 0 radical (unpaired) electrons. The van der Waals surface area contributed by atoms with Crippen molar-refractivity contribution in [2.24, 2.45) is 0 Å². The first-order valence-corrected chi connectivity index (χ1v) is 5.80. The lowest BCUT2D eigenvalue weighted by Crippen LogP contribution is -2.26. The molecular formula is C12H26O3. The molecule has 0 aromatic rings. The van der Waals surface area contributed by atoms with Crippen LogP contribution in [0, 0.1) is 0 Å². The molecule has 0 aliphatic rings. The summed E-state index contributed by atoms with van der Waals surface area (Å²) in [6, 6.07) is 0. The highest BCUT2D eigenvalue weighted by Crippen LogP contribution is 2.16. The van der Waals surface area contributed by atoms with Gasteiger partial charge < -0.3 is 14.2 Å². The molecule has 0 aliphatic heterocycles. The van der Waals surface area contributed by atoms with Crippen molar-refractivity contribution in [3.05, 3.63) is 0 Å². The van der Waals surface area contributed by atoms with Crippen LogP contribution >= 0.6 is 0 Å². The molecule has 0 bridgehead atoms. The molecule has 0 saturated carbocycles. The number of hydrogen-bond acceptors (Lipinski definition) is 3. The third kappa shape index (κ3) is 6.13. The number of hydrogen-bond donors (Lipinski definition) is 0. The molecule has 0 aliphatic carbocycles. The van der Waals surface area contributed by atoms with Crippen LogP contribution in [-0.2, 0) is 14.2 Å². The van der Waals surface area contributed by atoms with E-state index in [1.165, 1.54) is 0 Å². The molecule has 0 heterocycles. The molecule has 15 heavy (non-hydrogen) atoms. The lowest BCUT2D eigenvalue weighted by atomic mass is 10.0. The van der Waals surface area contributed by atoms with E-state index in [0.29, 0.717) is 12.2 Å². The van der Waals surface area contributed by atoms with Crippen LogP contribution < -0.4 is 0 Å². The van der Waals surface area contributed by atoms with Crippen molar-refractivity contribution >= 4 is 0 Å². The van der Waals surface area contributed by atoms with E-state index in [2.05, 4.69) is 13.8 Å². The molecule has 2 unspecified atom stereocenters. The van der Waals surface area contributed by atoms with Gasteiger partial charge in [0.05, 0.1) is 18.3 Å². The summed E-state index contributed by atoms with van der Waals surface area (Å²) in [5.41, 5.74) is 0. The summed E-state index contributed by atoms with van der Waals surface area (Å²) in [5.74, 6) is 0. The van der Waals surface area contributed by atoms with E-state index in [0.717, 1.165) is 25.7 Å². The first-order chi connectivity index (χ1) is 7.21. The van der Waals surface area contributed by atoms with Crippen LogP contribution in [0.15, 0.2) is 0 Å². The third-order valence-corrected chi connectivity index (χ3v) is 2.96. The fraction of sp³-hybridized carbons (Fsp3) is 1.00. The molecule has 0 aromatic heterocycles. The van der Waals surface area contributed by atoms with E-state index in [4.69, 9.17) is 14.2 Å². The Kier molecular flexibility index (Phi) is 9.06. The maximum Gasteiger partial charge on any atom is 0.0620 e. The van der Waals surface area contributed by atoms with Crippen molar-refractivity contribution < 1.29 is 14.2 Å². The Labute approximate surface area is 94.1 Å². The lowest BCUT2D eigenvalue weighted by Gasteiger charge is -2.24. The van der Waals surface area contributed by atoms with Crippen molar-refractivity contribution in [2.75, 3.05) is 21.3 Å². The van der Waals surface area contributed by atoms with E-state index >= 15 is 0 Å². The van der Waals surface area contributed by atoms with Crippen LogP contribution in [0.1, 0.15) is 39.5 Å². The molecule has 2 atom stereocenters. The average molecular weight is 218 g/mol. The van der Waals surface area contributed by atoms with E-state index in [-0.39, 0.29) is 6.10 Å². The van der Waals surface area contributed by atoms with Crippen LogP contribution in [0.3, 0.4) is 0 Å². The van der Waals surface area contributed by atoms with Crippen LogP contribution in [0.4, 0.5) is 0 Å². The van der Waals surface area contributed by atoms with Gasteiger partial charge in [-0.15, -0.1) is 0 Å². The second-order valence-electron chi connectivity index (χ2n) is 3.86. The highest BCUT2D eigenvalue weighted by atomic mass is 16.5. The second-order valence-corrected chi connectivity index (χ2v) is 3.86. The first-order valence-electron chi connectivity index (χ1n) is 5.80. The molecule has 92 valence electrons. The normalized spacial score (nSPS) is 17.4. The second kappa shape index (κ2) is 9.13. The zero-order valence-corrected chi connectivity index (χ0v) is 10.8. The van der Waals surface area contributed by atoms with Crippen molar-refractivity contribution in [1.82, 2.24) is 0 Å². The lowest BCUT2D eigenvalue weighted by molar-refractivity contribution is -0.0144. The molecule has 0 amide bonds. The number of ether oxygens (including phenoxy) is 3. The Morgan fingerprint density at radius 3 is 1.20 bits per heavy atom. The summed E-state index contributed by atoms with van der Waals surface area (Å²) in [4.78, 5) is 0. The molecule has 0 rings (SSSR count). The average Bonchev–Trinajstić information content (AvgIpc) is 2.30. The number of rotatable bonds is 9. The van der Waals surface area contributed by atoms with Crippen molar-refractivity contribution in [2.45, 2.75) is 57.8 Å². The van der Waals surface area contributed by atoms with Crippen LogP contribution in [0.5, 0.6) is 0 Å². The SMILES string of the molecule is CCC(CC(CC(CC)OC)OC)OC. The quantitative estimate of drug-likeness (QED) is 0.595. The third-order valence-electron chi connectivity index (χ3n) is 2.96. The van der Waals surface area contributed by atoms with Gasteiger partial charge in [-0.1, -0.05) is 13.8 Å². The van der Waals surface area contributed by atoms with Crippen molar-refractivity contribution in [3.63, 3.8) is 0 Å². The van der Waals surface area contributed by atoms with Gasteiger partial charge in [0.1, 0.15) is 0 Å². The molecular weight excluding hydrogens is 192 g/mol. The summed E-state index contributed by atoms with van der Waals surface area (Å²) in [7, 11) is 5.28. The van der Waals surface area contributed by atoms with Crippen LogP contribution in [0.2, 0.25) is 0 Å². The minimum absolute atomic E-state index is 0.236. The van der Waals surface area contributed by atoms with E-state index in [1.807, 2.05) is 0 Å². The summed E-state index contributed by atoms with van der Waals surface area (Å²) in [6.07, 6.45) is 4.78. The van der Waals surface area contributed by atoms with Crippen LogP contribution in [-0.4, -0.2) is 39.6 Å². The molecule has 0 saturated heterocycles. The Bertz CT molecular complexity index is 117. The molecule has 0 aromatic carbocycles. The minimum atomic E-state index is 0.236. The van der Waals surface area contributed by atoms with Gasteiger partial charge in [-0.2, -0.15) is 0 Å². The molecule has 3 nitrogen and oxygen atoms in total. The van der Waals surface area contributed by atoms with E-state index in [9.17, 15) is 0 Å². The monoisotopic (exact) mass is 218 g/mol. The van der Waals surface area contributed by atoms with Gasteiger partial charge in [0, 0.05) is 21.3 Å². The molecule has 3 heteroatoms. The predicted molar refractivity (Wildman–Crippen MR) is 62.2 cm³/mol. The number of methoxy groups -OCH3 is 3. The first kappa shape index (κ1) is 14.9. The van der Waals surface area contributed by atoms with E-state index in [1.54, 1.807) is 21.3 Å². The zero-order chi connectivity index (χ0) is 11.7. The maximum atomic E-state index is 5.46. The predicted octanol–water partition coefficient (Wildman–Crippen LogP) is 2.63. The summed E-state index contributed by atoms with van der Waals surface area (Å²) in [5, 5.41) is 0. The van der Waals surface area contributed by atoms with Gasteiger partial charge in [0.15, 0.2) is 0 Å². The summed E-state index contributed by atoms with van der Waals surface area (Å²) >= 11 is 0. The smallest absolute Gasteiger partial charge is 0.0620 e.